The van der Waals surface area contributed by atoms with Crippen molar-refractivity contribution in [2.24, 2.45) is 0 Å². The minimum Gasteiger partial charge on any atom is -0.462 e. The van der Waals surface area contributed by atoms with Crippen LogP contribution in [0, 0.1) is 6.92 Å². The number of carbonyl (C=O) groups excluding carboxylic acids is 1. The minimum atomic E-state index is -0.230. The number of rotatable bonds is 2. The highest BCUT2D eigenvalue weighted by Gasteiger charge is 2.22. The lowest BCUT2D eigenvalue weighted by atomic mass is 9.85. The first-order chi connectivity index (χ1) is 10.8. The molecule has 120 valence electrons. The molecule has 0 saturated carbocycles. The van der Waals surface area contributed by atoms with Gasteiger partial charge in [-0.3, -0.25) is 0 Å². The fourth-order valence-electron chi connectivity index (χ4n) is 2.79. The Hall–Kier alpha value is -1.87. The third-order valence-electron chi connectivity index (χ3n) is 4.09. The molecule has 23 heavy (non-hydrogen) atoms. The lowest BCUT2D eigenvalue weighted by Crippen LogP contribution is -2.13. The Morgan fingerprint density at radius 3 is 2.52 bits per heavy atom. The molecular formula is C20H22O2S. The minimum absolute atomic E-state index is 0.0203. The summed E-state index contributed by atoms with van der Waals surface area (Å²) in [4.78, 5) is 12.5. The lowest BCUT2D eigenvalue weighted by Gasteiger charge is -2.20. The van der Waals surface area contributed by atoms with E-state index in [0.717, 1.165) is 15.6 Å². The SMILES string of the molecule is CCOC(=O)c1cc(C(C)(C)C)cc2c1sc1ccc(C)cc12. The molecule has 0 spiro atoms. The first-order valence-corrected chi connectivity index (χ1v) is 8.77. The van der Waals surface area contributed by atoms with E-state index in [2.05, 4.69) is 52.0 Å². The van der Waals surface area contributed by atoms with Crippen LogP contribution in [0.5, 0.6) is 0 Å². The third kappa shape index (κ3) is 2.86. The molecule has 0 bridgehead atoms. The normalized spacial score (nSPS) is 12.0. The van der Waals surface area contributed by atoms with Crippen molar-refractivity contribution in [1.29, 1.82) is 0 Å². The molecule has 0 saturated heterocycles. The fourth-order valence-corrected chi connectivity index (χ4v) is 3.95. The predicted molar refractivity (Wildman–Crippen MR) is 98.7 cm³/mol. The van der Waals surface area contributed by atoms with Gasteiger partial charge in [0.25, 0.3) is 0 Å². The van der Waals surface area contributed by atoms with Crippen LogP contribution >= 0.6 is 11.3 Å². The number of hydrogen-bond donors (Lipinski definition) is 0. The highest BCUT2D eigenvalue weighted by atomic mass is 32.1. The van der Waals surface area contributed by atoms with Crippen molar-refractivity contribution >= 4 is 37.5 Å². The van der Waals surface area contributed by atoms with Crippen molar-refractivity contribution in [3.05, 3.63) is 47.0 Å². The molecule has 0 amide bonds. The molecule has 0 unspecified atom stereocenters. The molecule has 0 N–H and O–H groups in total. The van der Waals surface area contributed by atoms with E-state index < -0.39 is 0 Å². The number of carbonyl (C=O) groups is 1. The Bertz CT molecular complexity index is 897. The van der Waals surface area contributed by atoms with Gasteiger partial charge in [0, 0.05) is 15.5 Å². The second kappa shape index (κ2) is 5.64. The number of ether oxygens (including phenoxy) is 1. The van der Waals surface area contributed by atoms with E-state index in [1.807, 2.05) is 13.0 Å². The van der Waals surface area contributed by atoms with Gasteiger partial charge in [0.1, 0.15) is 0 Å². The molecule has 2 aromatic carbocycles. The fraction of sp³-hybridized carbons (Fsp3) is 0.350. The molecule has 0 radical (unpaired) electrons. The summed E-state index contributed by atoms with van der Waals surface area (Å²) in [5, 5.41) is 2.38. The van der Waals surface area contributed by atoms with Crippen LogP contribution in [-0.2, 0) is 10.2 Å². The molecule has 1 aromatic heterocycles. The first-order valence-electron chi connectivity index (χ1n) is 7.96. The molecule has 3 rings (SSSR count). The summed E-state index contributed by atoms with van der Waals surface area (Å²) in [5.41, 5.74) is 3.06. The van der Waals surface area contributed by atoms with Crippen molar-refractivity contribution in [3.8, 4) is 0 Å². The third-order valence-corrected chi connectivity index (χ3v) is 5.31. The van der Waals surface area contributed by atoms with Crippen LogP contribution in [-0.4, -0.2) is 12.6 Å². The standard InChI is InChI=1S/C20H22O2S/c1-6-22-19(21)16-11-13(20(3,4)5)10-15-14-9-12(2)7-8-17(14)23-18(15)16/h7-11H,6H2,1-5H3. The maximum atomic E-state index is 12.5. The van der Waals surface area contributed by atoms with Crippen molar-refractivity contribution in [2.45, 2.75) is 40.0 Å². The molecule has 3 aromatic rings. The Labute approximate surface area is 141 Å². The van der Waals surface area contributed by atoms with E-state index in [1.165, 1.54) is 15.6 Å². The molecule has 0 fully saturated rings. The zero-order chi connectivity index (χ0) is 16.8. The number of hydrogen-bond acceptors (Lipinski definition) is 3. The number of aryl methyl sites for hydroxylation is 1. The Balaban J connectivity index is 2.39. The summed E-state index contributed by atoms with van der Waals surface area (Å²) in [6.45, 7) is 10.8. The summed E-state index contributed by atoms with van der Waals surface area (Å²) in [6, 6.07) is 10.7. The van der Waals surface area contributed by atoms with Gasteiger partial charge >= 0.3 is 5.97 Å². The van der Waals surface area contributed by atoms with Gasteiger partial charge < -0.3 is 4.74 Å². The Morgan fingerprint density at radius 1 is 1.13 bits per heavy atom. The van der Waals surface area contributed by atoms with Crippen LogP contribution < -0.4 is 0 Å². The van der Waals surface area contributed by atoms with Crippen LogP contribution in [0.25, 0.3) is 20.2 Å². The molecule has 0 aliphatic carbocycles. The quantitative estimate of drug-likeness (QED) is 0.553. The van der Waals surface area contributed by atoms with E-state index in [-0.39, 0.29) is 11.4 Å². The summed E-state index contributed by atoms with van der Waals surface area (Å²) >= 11 is 1.67. The van der Waals surface area contributed by atoms with Crippen molar-refractivity contribution in [2.75, 3.05) is 6.61 Å². The Kier molecular flexibility index (Phi) is 3.93. The zero-order valence-corrected chi connectivity index (χ0v) is 15.1. The molecule has 1 heterocycles. The lowest BCUT2D eigenvalue weighted by molar-refractivity contribution is 0.0529. The highest BCUT2D eigenvalue weighted by molar-refractivity contribution is 7.26. The number of thiophene rings is 1. The van der Waals surface area contributed by atoms with E-state index in [4.69, 9.17) is 4.74 Å². The zero-order valence-electron chi connectivity index (χ0n) is 14.3. The second-order valence-electron chi connectivity index (χ2n) is 6.97. The van der Waals surface area contributed by atoms with Gasteiger partial charge in [-0.05, 0) is 49.1 Å². The monoisotopic (exact) mass is 326 g/mol. The van der Waals surface area contributed by atoms with Gasteiger partial charge in [-0.2, -0.15) is 0 Å². The molecule has 0 atom stereocenters. The topological polar surface area (TPSA) is 26.3 Å². The van der Waals surface area contributed by atoms with Crippen molar-refractivity contribution in [3.63, 3.8) is 0 Å². The summed E-state index contributed by atoms with van der Waals surface area (Å²) in [5.74, 6) is -0.230. The second-order valence-corrected chi connectivity index (χ2v) is 8.02. The molecule has 2 nitrogen and oxygen atoms in total. The van der Waals surface area contributed by atoms with Gasteiger partial charge in [-0.15, -0.1) is 11.3 Å². The first kappa shape index (κ1) is 16.0. The predicted octanol–water partition coefficient (Wildman–Crippen LogP) is 5.84. The molecule has 0 aliphatic heterocycles. The van der Waals surface area contributed by atoms with E-state index in [1.54, 1.807) is 11.3 Å². The Morgan fingerprint density at radius 2 is 1.87 bits per heavy atom. The van der Waals surface area contributed by atoms with Crippen molar-refractivity contribution < 1.29 is 9.53 Å². The summed E-state index contributed by atoms with van der Waals surface area (Å²) < 4.78 is 7.53. The van der Waals surface area contributed by atoms with E-state index >= 15 is 0 Å². The van der Waals surface area contributed by atoms with Gasteiger partial charge in [-0.1, -0.05) is 32.4 Å². The van der Waals surface area contributed by atoms with Gasteiger partial charge in [0.05, 0.1) is 16.9 Å². The van der Waals surface area contributed by atoms with E-state index in [9.17, 15) is 4.79 Å². The van der Waals surface area contributed by atoms with Gasteiger partial charge in [0.2, 0.25) is 0 Å². The van der Waals surface area contributed by atoms with Crippen LogP contribution in [0.4, 0.5) is 0 Å². The van der Waals surface area contributed by atoms with Crippen molar-refractivity contribution in [1.82, 2.24) is 0 Å². The van der Waals surface area contributed by atoms with Gasteiger partial charge in [-0.25, -0.2) is 4.79 Å². The van der Waals surface area contributed by atoms with Crippen LogP contribution in [0.2, 0.25) is 0 Å². The highest BCUT2D eigenvalue weighted by Crippen LogP contribution is 2.39. The van der Waals surface area contributed by atoms with Crippen LogP contribution in [0.3, 0.4) is 0 Å². The average molecular weight is 326 g/mol. The van der Waals surface area contributed by atoms with Crippen LogP contribution in [0.1, 0.15) is 49.2 Å². The van der Waals surface area contributed by atoms with E-state index in [0.29, 0.717) is 12.2 Å². The molecule has 3 heteroatoms. The largest absolute Gasteiger partial charge is 0.462 e. The summed E-state index contributed by atoms with van der Waals surface area (Å²) in [7, 11) is 0. The number of fused-ring (bicyclic) bond motifs is 3. The number of benzene rings is 2. The maximum Gasteiger partial charge on any atom is 0.339 e. The summed E-state index contributed by atoms with van der Waals surface area (Å²) in [6.07, 6.45) is 0. The average Bonchev–Trinajstić information content (AvgIpc) is 2.83. The smallest absolute Gasteiger partial charge is 0.339 e. The van der Waals surface area contributed by atoms with Crippen LogP contribution in [0.15, 0.2) is 30.3 Å². The maximum absolute atomic E-state index is 12.5. The number of esters is 1. The molecular weight excluding hydrogens is 304 g/mol. The van der Waals surface area contributed by atoms with Gasteiger partial charge in [0.15, 0.2) is 0 Å². The molecule has 0 aliphatic rings.